The summed E-state index contributed by atoms with van der Waals surface area (Å²) in [7, 11) is 0. The molecule has 0 saturated heterocycles. The van der Waals surface area contributed by atoms with Crippen LogP contribution in [0.25, 0.3) is 0 Å². The summed E-state index contributed by atoms with van der Waals surface area (Å²) in [5.41, 5.74) is 5.89. The van der Waals surface area contributed by atoms with E-state index in [2.05, 4.69) is 4.74 Å². The summed E-state index contributed by atoms with van der Waals surface area (Å²) in [4.78, 5) is 11.5. The van der Waals surface area contributed by atoms with Gasteiger partial charge in [0.25, 0.3) is 0 Å². The first-order valence-corrected chi connectivity index (χ1v) is 5.59. The van der Waals surface area contributed by atoms with E-state index in [4.69, 9.17) is 10.5 Å². The topological polar surface area (TPSA) is 61.5 Å². The van der Waals surface area contributed by atoms with Crippen LogP contribution in [-0.4, -0.2) is 25.4 Å². The number of nitrogen functional groups attached to an aromatic ring is 1. The van der Waals surface area contributed by atoms with E-state index in [1.54, 1.807) is 6.92 Å². The lowest BCUT2D eigenvalue weighted by molar-refractivity contribution is -0.141. The zero-order valence-corrected chi connectivity index (χ0v) is 10.3. The third-order valence-electron chi connectivity index (χ3n) is 2.09. The molecule has 0 amide bonds. The number of ether oxygens (including phenoxy) is 2. The van der Waals surface area contributed by atoms with E-state index >= 15 is 0 Å². The molecular weight excluding hydrogens is 263 g/mol. The molecule has 1 aromatic rings. The predicted molar refractivity (Wildman–Crippen MR) is 63.0 cm³/mol. The highest BCUT2D eigenvalue weighted by atomic mass is 19.4. The minimum absolute atomic E-state index is 0.0608. The molecule has 0 aliphatic heterocycles. The second-order valence-corrected chi connectivity index (χ2v) is 3.72. The molecule has 7 heteroatoms. The molecule has 0 saturated carbocycles. The standard InChI is InChI=1S/C12H14F3NO3/c1-2-18-10-6-8(5-9(16)7-10)11(17)19-4-3-12(13,14)15/h5-7H,2-4,16H2,1H3. The van der Waals surface area contributed by atoms with Crippen molar-refractivity contribution in [2.75, 3.05) is 18.9 Å². The lowest BCUT2D eigenvalue weighted by atomic mass is 10.2. The molecule has 0 aliphatic rings. The van der Waals surface area contributed by atoms with Gasteiger partial charge in [-0.3, -0.25) is 0 Å². The number of hydrogen-bond donors (Lipinski definition) is 1. The van der Waals surface area contributed by atoms with E-state index in [9.17, 15) is 18.0 Å². The maximum atomic E-state index is 11.9. The van der Waals surface area contributed by atoms with Crippen LogP contribution in [0.2, 0.25) is 0 Å². The zero-order valence-electron chi connectivity index (χ0n) is 10.3. The van der Waals surface area contributed by atoms with E-state index in [1.165, 1.54) is 18.2 Å². The molecule has 0 spiro atoms. The largest absolute Gasteiger partial charge is 0.494 e. The van der Waals surface area contributed by atoms with Gasteiger partial charge >= 0.3 is 12.1 Å². The number of benzene rings is 1. The normalized spacial score (nSPS) is 11.2. The second kappa shape index (κ2) is 6.31. The molecule has 1 aromatic carbocycles. The van der Waals surface area contributed by atoms with Crippen molar-refractivity contribution in [3.05, 3.63) is 23.8 Å². The number of carbonyl (C=O) groups is 1. The van der Waals surface area contributed by atoms with Crippen LogP contribution in [0.15, 0.2) is 18.2 Å². The fraction of sp³-hybridized carbons (Fsp3) is 0.417. The average Bonchev–Trinajstić information content (AvgIpc) is 2.26. The van der Waals surface area contributed by atoms with Crippen LogP contribution in [0.3, 0.4) is 0 Å². The van der Waals surface area contributed by atoms with Crippen LogP contribution in [0, 0.1) is 0 Å². The smallest absolute Gasteiger partial charge is 0.392 e. The van der Waals surface area contributed by atoms with Crippen LogP contribution < -0.4 is 10.5 Å². The zero-order chi connectivity index (χ0) is 14.5. The molecule has 0 fully saturated rings. The molecule has 4 nitrogen and oxygen atoms in total. The molecule has 0 bridgehead atoms. The van der Waals surface area contributed by atoms with Crippen molar-refractivity contribution in [3.63, 3.8) is 0 Å². The maximum absolute atomic E-state index is 11.9. The Kier molecular flexibility index (Phi) is 5.02. The van der Waals surface area contributed by atoms with Gasteiger partial charge in [0.05, 0.1) is 18.6 Å². The van der Waals surface area contributed by atoms with E-state index in [0.717, 1.165) is 0 Å². The van der Waals surface area contributed by atoms with Gasteiger partial charge in [0.2, 0.25) is 0 Å². The van der Waals surface area contributed by atoms with Gasteiger partial charge in [0, 0.05) is 11.8 Å². The van der Waals surface area contributed by atoms with Gasteiger partial charge in [-0.2, -0.15) is 13.2 Å². The first kappa shape index (κ1) is 15.1. The summed E-state index contributed by atoms with van der Waals surface area (Å²) in [6.45, 7) is 1.41. The summed E-state index contributed by atoms with van der Waals surface area (Å²) >= 11 is 0. The minimum atomic E-state index is -4.35. The number of anilines is 1. The van der Waals surface area contributed by atoms with Crippen molar-refractivity contribution in [3.8, 4) is 5.75 Å². The lowest BCUT2D eigenvalue weighted by Crippen LogP contribution is -2.15. The van der Waals surface area contributed by atoms with E-state index in [-0.39, 0.29) is 11.3 Å². The Morgan fingerprint density at radius 1 is 1.32 bits per heavy atom. The number of carbonyl (C=O) groups excluding carboxylic acids is 1. The molecule has 1 rings (SSSR count). The number of rotatable bonds is 5. The Balaban J connectivity index is 2.66. The van der Waals surface area contributed by atoms with Crippen molar-refractivity contribution < 1.29 is 27.4 Å². The third kappa shape index (κ3) is 5.50. The summed E-state index contributed by atoms with van der Waals surface area (Å²) in [5.74, 6) is -0.497. The van der Waals surface area contributed by atoms with Gasteiger partial charge in [-0.05, 0) is 19.1 Å². The Morgan fingerprint density at radius 2 is 2.00 bits per heavy atom. The van der Waals surface area contributed by atoms with Crippen LogP contribution in [0.4, 0.5) is 18.9 Å². The summed E-state index contributed by atoms with van der Waals surface area (Å²) < 4.78 is 45.4. The lowest BCUT2D eigenvalue weighted by Gasteiger charge is -2.09. The van der Waals surface area contributed by atoms with Crippen molar-refractivity contribution >= 4 is 11.7 Å². The Morgan fingerprint density at radius 3 is 2.58 bits per heavy atom. The molecule has 2 N–H and O–H groups in total. The number of nitrogens with two attached hydrogens (primary N) is 1. The van der Waals surface area contributed by atoms with Crippen LogP contribution in [0.1, 0.15) is 23.7 Å². The van der Waals surface area contributed by atoms with Crippen LogP contribution >= 0.6 is 0 Å². The highest BCUT2D eigenvalue weighted by molar-refractivity contribution is 5.91. The average molecular weight is 277 g/mol. The fourth-order valence-corrected chi connectivity index (χ4v) is 1.33. The Labute approximate surface area is 108 Å². The number of esters is 1. The van der Waals surface area contributed by atoms with Crippen LogP contribution in [0.5, 0.6) is 5.75 Å². The first-order chi connectivity index (χ1) is 8.81. The quantitative estimate of drug-likeness (QED) is 0.664. The summed E-state index contributed by atoms with van der Waals surface area (Å²) in [6, 6.07) is 4.20. The first-order valence-electron chi connectivity index (χ1n) is 5.59. The monoisotopic (exact) mass is 277 g/mol. The number of alkyl halides is 3. The second-order valence-electron chi connectivity index (χ2n) is 3.72. The maximum Gasteiger partial charge on any atom is 0.392 e. The molecule has 19 heavy (non-hydrogen) atoms. The number of halogens is 3. The van der Waals surface area contributed by atoms with Crippen LogP contribution in [-0.2, 0) is 4.74 Å². The molecule has 106 valence electrons. The van der Waals surface area contributed by atoms with Gasteiger partial charge in [-0.25, -0.2) is 4.79 Å². The van der Waals surface area contributed by atoms with Crippen molar-refractivity contribution in [2.45, 2.75) is 19.5 Å². The highest BCUT2D eigenvalue weighted by Crippen LogP contribution is 2.21. The summed E-state index contributed by atoms with van der Waals surface area (Å²) in [5, 5.41) is 0. The molecule has 0 unspecified atom stereocenters. The Hall–Kier alpha value is -1.92. The third-order valence-corrected chi connectivity index (χ3v) is 2.09. The molecule has 0 aromatic heterocycles. The van der Waals surface area contributed by atoms with Gasteiger partial charge < -0.3 is 15.2 Å². The SMILES string of the molecule is CCOc1cc(N)cc(C(=O)OCCC(F)(F)F)c1. The van der Waals surface area contributed by atoms with E-state index in [0.29, 0.717) is 12.4 Å². The molecule has 0 heterocycles. The van der Waals surface area contributed by atoms with Gasteiger partial charge in [0.15, 0.2) is 0 Å². The fourth-order valence-electron chi connectivity index (χ4n) is 1.33. The van der Waals surface area contributed by atoms with E-state index in [1.807, 2.05) is 0 Å². The molecule has 0 radical (unpaired) electrons. The molecular formula is C12H14F3NO3. The van der Waals surface area contributed by atoms with Gasteiger partial charge in [-0.15, -0.1) is 0 Å². The van der Waals surface area contributed by atoms with Gasteiger partial charge in [0.1, 0.15) is 12.4 Å². The van der Waals surface area contributed by atoms with Crippen molar-refractivity contribution in [1.82, 2.24) is 0 Å². The predicted octanol–water partition coefficient (Wildman–Crippen LogP) is 2.78. The minimum Gasteiger partial charge on any atom is -0.494 e. The Bertz CT molecular complexity index is 446. The summed E-state index contributed by atoms with van der Waals surface area (Å²) in [6.07, 6.45) is -5.54. The molecule has 0 aliphatic carbocycles. The van der Waals surface area contributed by atoms with Crippen molar-refractivity contribution in [2.24, 2.45) is 0 Å². The highest BCUT2D eigenvalue weighted by Gasteiger charge is 2.27. The van der Waals surface area contributed by atoms with Crippen molar-refractivity contribution in [1.29, 1.82) is 0 Å². The van der Waals surface area contributed by atoms with Gasteiger partial charge in [-0.1, -0.05) is 0 Å². The number of hydrogen-bond acceptors (Lipinski definition) is 4. The molecule has 0 atom stereocenters. The van der Waals surface area contributed by atoms with E-state index < -0.39 is 25.2 Å².